The summed E-state index contributed by atoms with van der Waals surface area (Å²) in [6.07, 6.45) is 4.81. The largest absolute Gasteiger partial charge is 0.275 e. The Kier molecular flexibility index (Phi) is 3.15. The molecule has 0 bridgehead atoms. The Bertz CT molecular complexity index is 874. The van der Waals surface area contributed by atoms with Crippen molar-refractivity contribution >= 4 is 16.5 Å². The molecule has 0 atom stereocenters. The molecule has 2 heterocycles. The summed E-state index contributed by atoms with van der Waals surface area (Å²) in [5, 5.41) is 15.7. The van der Waals surface area contributed by atoms with Gasteiger partial charge in [-0.25, -0.2) is 4.68 Å². The predicted octanol–water partition coefficient (Wildman–Crippen LogP) is 1.75. The minimum atomic E-state index is -0.523. The fourth-order valence-electron chi connectivity index (χ4n) is 2.06. The maximum absolute atomic E-state index is 12.4. The lowest BCUT2D eigenvalue weighted by Gasteiger charge is -2.05. The quantitative estimate of drug-likeness (QED) is 0.539. The summed E-state index contributed by atoms with van der Waals surface area (Å²) in [5.41, 5.74) is 0.357. The number of pyridine rings is 1. The summed E-state index contributed by atoms with van der Waals surface area (Å²) in [5.74, 6) is 0. The van der Waals surface area contributed by atoms with E-state index in [-0.39, 0.29) is 23.2 Å². The van der Waals surface area contributed by atoms with Crippen LogP contribution in [-0.2, 0) is 6.54 Å². The third-order valence-corrected chi connectivity index (χ3v) is 3.10. The highest BCUT2D eigenvalue weighted by atomic mass is 16.6. The Balaban J connectivity index is 2.10. The Morgan fingerprint density at radius 3 is 2.81 bits per heavy atom. The van der Waals surface area contributed by atoms with E-state index in [2.05, 4.69) is 10.1 Å². The molecule has 0 aliphatic carbocycles. The molecule has 0 saturated heterocycles. The van der Waals surface area contributed by atoms with Crippen LogP contribution in [0.3, 0.4) is 0 Å². The van der Waals surface area contributed by atoms with Gasteiger partial charge in [0.25, 0.3) is 11.2 Å². The van der Waals surface area contributed by atoms with Crippen LogP contribution in [0, 0.1) is 10.1 Å². The summed E-state index contributed by atoms with van der Waals surface area (Å²) in [7, 11) is 0. The normalized spacial score (nSPS) is 10.7. The molecule has 3 aromatic rings. The molecule has 1 aromatic carbocycles. The van der Waals surface area contributed by atoms with Crippen molar-refractivity contribution in [3.8, 4) is 0 Å². The van der Waals surface area contributed by atoms with E-state index in [4.69, 9.17) is 0 Å². The van der Waals surface area contributed by atoms with Gasteiger partial charge < -0.3 is 0 Å². The summed E-state index contributed by atoms with van der Waals surface area (Å²) >= 11 is 0. The van der Waals surface area contributed by atoms with Gasteiger partial charge in [-0.3, -0.25) is 19.9 Å². The van der Waals surface area contributed by atoms with Gasteiger partial charge >= 0.3 is 0 Å². The van der Waals surface area contributed by atoms with E-state index in [0.29, 0.717) is 5.39 Å². The smallest absolute Gasteiger partial charge is 0.267 e. The molecule has 104 valence electrons. The number of fused-ring (bicyclic) bond motifs is 1. The summed E-state index contributed by atoms with van der Waals surface area (Å²) in [6.45, 7) is 0.269. The van der Waals surface area contributed by atoms with Crippen LogP contribution in [0.25, 0.3) is 10.8 Å². The highest BCUT2D eigenvalue weighted by molar-refractivity contribution is 5.82. The number of hydrogen-bond acceptors (Lipinski definition) is 5. The van der Waals surface area contributed by atoms with Crippen LogP contribution in [0.2, 0.25) is 0 Å². The minimum Gasteiger partial charge on any atom is -0.267 e. The third-order valence-electron chi connectivity index (χ3n) is 3.10. The number of hydrogen-bond donors (Lipinski definition) is 0. The van der Waals surface area contributed by atoms with Gasteiger partial charge in [-0.05, 0) is 17.7 Å². The molecule has 0 saturated carbocycles. The van der Waals surface area contributed by atoms with E-state index in [1.807, 2.05) is 6.07 Å². The number of nitro benzene ring substituents is 1. The lowest BCUT2D eigenvalue weighted by Crippen LogP contribution is -2.23. The number of non-ortho nitro benzene ring substituents is 1. The first-order valence-corrected chi connectivity index (χ1v) is 6.18. The Morgan fingerprint density at radius 2 is 2.10 bits per heavy atom. The van der Waals surface area contributed by atoms with Crippen molar-refractivity contribution in [2.75, 3.05) is 0 Å². The molecule has 0 amide bonds. The molecule has 3 rings (SSSR count). The Morgan fingerprint density at radius 1 is 1.24 bits per heavy atom. The first kappa shape index (κ1) is 12.9. The van der Waals surface area contributed by atoms with Crippen molar-refractivity contribution in [3.05, 3.63) is 75.0 Å². The second-order valence-electron chi connectivity index (χ2n) is 4.50. The Hall–Kier alpha value is -3.09. The second-order valence-corrected chi connectivity index (χ2v) is 4.50. The average molecular weight is 282 g/mol. The van der Waals surface area contributed by atoms with E-state index >= 15 is 0 Å². The molecule has 0 fully saturated rings. The van der Waals surface area contributed by atoms with Crippen LogP contribution in [0.1, 0.15) is 5.56 Å². The second kappa shape index (κ2) is 5.12. The van der Waals surface area contributed by atoms with E-state index in [0.717, 1.165) is 5.56 Å². The molecular weight excluding hydrogens is 272 g/mol. The zero-order chi connectivity index (χ0) is 14.8. The molecule has 0 aliphatic heterocycles. The minimum absolute atomic E-state index is 0.112. The van der Waals surface area contributed by atoms with Crippen molar-refractivity contribution in [2.45, 2.75) is 6.54 Å². The molecular formula is C14H10N4O3. The zero-order valence-electron chi connectivity index (χ0n) is 10.8. The first-order chi connectivity index (χ1) is 10.1. The van der Waals surface area contributed by atoms with Crippen LogP contribution < -0.4 is 5.56 Å². The van der Waals surface area contributed by atoms with E-state index in [9.17, 15) is 14.9 Å². The average Bonchev–Trinajstić information content (AvgIpc) is 2.51. The molecule has 0 N–H and O–H groups in total. The van der Waals surface area contributed by atoms with Gasteiger partial charge in [-0.15, -0.1) is 0 Å². The monoisotopic (exact) mass is 282 g/mol. The summed E-state index contributed by atoms with van der Waals surface area (Å²) in [6, 6.07) is 7.76. The SMILES string of the molecule is O=c1c2cc([N+](=O)[O-])ccc2cnn1Cc1cccnc1. The molecule has 0 spiro atoms. The predicted molar refractivity (Wildman–Crippen MR) is 76.0 cm³/mol. The van der Waals surface area contributed by atoms with Gasteiger partial charge in [0, 0.05) is 29.9 Å². The molecule has 0 radical (unpaired) electrons. The van der Waals surface area contributed by atoms with Crippen molar-refractivity contribution in [1.82, 2.24) is 14.8 Å². The van der Waals surface area contributed by atoms with Crippen molar-refractivity contribution < 1.29 is 4.92 Å². The van der Waals surface area contributed by atoms with Gasteiger partial charge in [0.05, 0.1) is 23.1 Å². The molecule has 21 heavy (non-hydrogen) atoms. The number of nitrogens with zero attached hydrogens (tertiary/aromatic N) is 4. The summed E-state index contributed by atoms with van der Waals surface area (Å²) < 4.78 is 1.27. The first-order valence-electron chi connectivity index (χ1n) is 6.18. The van der Waals surface area contributed by atoms with Crippen LogP contribution >= 0.6 is 0 Å². The molecule has 0 aliphatic rings. The molecule has 2 aromatic heterocycles. The van der Waals surface area contributed by atoms with E-state index in [1.54, 1.807) is 18.5 Å². The third kappa shape index (κ3) is 2.48. The molecule has 0 unspecified atom stereocenters. The fourth-order valence-corrected chi connectivity index (χ4v) is 2.06. The van der Waals surface area contributed by atoms with Crippen LogP contribution in [-0.4, -0.2) is 19.7 Å². The van der Waals surface area contributed by atoms with Crippen molar-refractivity contribution in [2.24, 2.45) is 0 Å². The fraction of sp³-hybridized carbons (Fsp3) is 0.0714. The molecule has 7 heteroatoms. The Labute approximate surface area is 118 Å². The maximum Gasteiger partial charge on any atom is 0.275 e. The number of benzene rings is 1. The van der Waals surface area contributed by atoms with Gasteiger partial charge in [0.15, 0.2) is 0 Å². The lowest BCUT2D eigenvalue weighted by atomic mass is 10.2. The van der Waals surface area contributed by atoms with Crippen LogP contribution in [0.4, 0.5) is 5.69 Å². The standard InChI is InChI=1S/C14H10N4O3/c19-14-13-6-12(18(20)21)4-3-11(13)8-16-17(14)9-10-2-1-5-15-7-10/h1-8H,9H2. The van der Waals surface area contributed by atoms with Gasteiger partial charge in [-0.1, -0.05) is 6.07 Å². The van der Waals surface area contributed by atoms with Crippen LogP contribution in [0.5, 0.6) is 0 Å². The summed E-state index contributed by atoms with van der Waals surface area (Å²) in [4.78, 5) is 26.6. The maximum atomic E-state index is 12.4. The lowest BCUT2D eigenvalue weighted by molar-refractivity contribution is -0.384. The number of rotatable bonds is 3. The highest BCUT2D eigenvalue weighted by Gasteiger charge is 2.10. The van der Waals surface area contributed by atoms with Crippen molar-refractivity contribution in [3.63, 3.8) is 0 Å². The van der Waals surface area contributed by atoms with Gasteiger partial charge in [0.1, 0.15) is 0 Å². The van der Waals surface area contributed by atoms with Gasteiger partial charge in [0.2, 0.25) is 0 Å². The zero-order valence-corrected chi connectivity index (χ0v) is 10.8. The topological polar surface area (TPSA) is 90.9 Å². The van der Waals surface area contributed by atoms with Crippen molar-refractivity contribution in [1.29, 1.82) is 0 Å². The van der Waals surface area contributed by atoms with Gasteiger partial charge in [-0.2, -0.15) is 5.10 Å². The number of aromatic nitrogens is 3. The highest BCUT2D eigenvalue weighted by Crippen LogP contribution is 2.17. The van der Waals surface area contributed by atoms with Crippen LogP contribution in [0.15, 0.2) is 53.7 Å². The number of nitro groups is 1. The van der Waals surface area contributed by atoms with E-state index in [1.165, 1.54) is 29.1 Å². The molecule has 7 nitrogen and oxygen atoms in total. The van der Waals surface area contributed by atoms with E-state index < -0.39 is 4.92 Å².